The fourth-order valence-electron chi connectivity index (χ4n) is 2.81. The molecular formula is C19H13ClFN3O5. The minimum atomic E-state index is -0.776. The Morgan fingerprint density at radius 2 is 1.97 bits per heavy atom. The summed E-state index contributed by atoms with van der Waals surface area (Å²) in [6.45, 7) is -0.516. The van der Waals surface area contributed by atoms with Crippen molar-refractivity contribution >= 4 is 41.2 Å². The van der Waals surface area contributed by atoms with Crippen molar-refractivity contribution in [3.63, 3.8) is 0 Å². The molecule has 0 unspecified atom stereocenters. The molecule has 8 nitrogen and oxygen atoms in total. The fraction of sp³-hybridized carbons (Fsp3) is 0.105. The van der Waals surface area contributed by atoms with Gasteiger partial charge in [0.25, 0.3) is 5.91 Å². The van der Waals surface area contributed by atoms with Gasteiger partial charge in [0.1, 0.15) is 18.1 Å². The number of ether oxygens (including phenoxy) is 2. The van der Waals surface area contributed by atoms with E-state index >= 15 is 0 Å². The van der Waals surface area contributed by atoms with Crippen molar-refractivity contribution in [2.24, 2.45) is 0 Å². The molecular weight excluding hydrogens is 405 g/mol. The normalized spacial score (nSPS) is 16.3. The van der Waals surface area contributed by atoms with Crippen LogP contribution in [0.5, 0.6) is 11.5 Å². The van der Waals surface area contributed by atoms with Gasteiger partial charge >= 0.3 is 6.03 Å². The summed E-state index contributed by atoms with van der Waals surface area (Å²) >= 11 is 6.18. The van der Waals surface area contributed by atoms with E-state index in [0.29, 0.717) is 27.0 Å². The van der Waals surface area contributed by atoms with Crippen LogP contribution in [0.3, 0.4) is 0 Å². The van der Waals surface area contributed by atoms with E-state index in [0.717, 1.165) is 0 Å². The molecule has 1 fully saturated rings. The van der Waals surface area contributed by atoms with Crippen LogP contribution in [-0.2, 0) is 9.59 Å². The first-order valence-electron chi connectivity index (χ1n) is 8.40. The Morgan fingerprint density at radius 1 is 1.24 bits per heavy atom. The lowest BCUT2D eigenvalue weighted by molar-refractivity contribution is -0.127. The number of carbonyl (C=O) groups excluding carboxylic acids is 3. The molecule has 2 aromatic carbocycles. The molecule has 0 saturated carbocycles. The van der Waals surface area contributed by atoms with Gasteiger partial charge in [0.15, 0.2) is 11.5 Å². The Balaban J connectivity index is 1.50. The molecule has 4 rings (SSSR count). The number of nitrogens with one attached hydrogen (secondary N) is 2. The molecule has 0 aromatic heterocycles. The molecule has 1 saturated heterocycles. The molecule has 0 bridgehead atoms. The van der Waals surface area contributed by atoms with Crippen LogP contribution in [0.15, 0.2) is 42.1 Å². The molecule has 29 heavy (non-hydrogen) atoms. The van der Waals surface area contributed by atoms with Gasteiger partial charge in [-0.2, -0.15) is 0 Å². The minimum absolute atomic E-state index is 0.0486. The number of para-hydroxylation sites is 1. The van der Waals surface area contributed by atoms with Gasteiger partial charge in [-0.3, -0.25) is 9.59 Å². The fourth-order valence-corrected chi connectivity index (χ4v) is 3.02. The smallest absolute Gasteiger partial charge is 0.329 e. The number of rotatable bonds is 4. The minimum Gasteiger partial charge on any atom is -0.454 e. The van der Waals surface area contributed by atoms with Gasteiger partial charge in [-0.15, -0.1) is 0 Å². The molecule has 10 heteroatoms. The summed E-state index contributed by atoms with van der Waals surface area (Å²) in [5, 5.41) is 5.00. The predicted octanol–water partition coefficient (Wildman–Crippen LogP) is 2.74. The summed E-state index contributed by atoms with van der Waals surface area (Å²) < 4.78 is 24.1. The van der Waals surface area contributed by atoms with E-state index in [4.69, 9.17) is 21.1 Å². The lowest BCUT2D eigenvalue weighted by Gasteiger charge is -2.12. The van der Waals surface area contributed by atoms with E-state index in [1.807, 2.05) is 0 Å². The molecule has 4 amide bonds. The zero-order chi connectivity index (χ0) is 20.5. The number of hydrogen-bond acceptors (Lipinski definition) is 5. The molecule has 0 spiro atoms. The van der Waals surface area contributed by atoms with Gasteiger partial charge in [0.05, 0.1) is 10.7 Å². The molecule has 0 aliphatic carbocycles. The molecule has 0 atom stereocenters. The Labute approximate surface area is 168 Å². The van der Waals surface area contributed by atoms with Crippen LogP contribution in [0.25, 0.3) is 6.08 Å². The summed E-state index contributed by atoms with van der Waals surface area (Å²) in [4.78, 5) is 37.5. The Morgan fingerprint density at radius 3 is 2.72 bits per heavy atom. The van der Waals surface area contributed by atoms with Crippen molar-refractivity contribution in [2.45, 2.75) is 0 Å². The largest absolute Gasteiger partial charge is 0.454 e. The maximum Gasteiger partial charge on any atom is 0.329 e. The molecule has 148 valence electrons. The second kappa shape index (κ2) is 7.44. The van der Waals surface area contributed by atoms with Crippen LogP contribution < -0.4 is 20.1 Å². The first-order chi connectivity index (χ1) is 13.9. The number of amides is 4. The third-order valence-corrected chi connectivity index (χ3v) is 4.53. The maximum atomic E-state index is 13.6. The van der Waals surface area contributed by atoms with E-state index in [-0.39, 0.29) is 18.2 Å². The summed E-state index contributed by atoms with van der Waals surface area (Å²) in [5.74, 6) is -1.13. The van der Waals surface area contributed by atoms with Gasteiger partial charge in [-0.05, 0) is 29.8 Å². The first kappa shape index (κ1) is 18.8. The van der Waals surface area contributed by atoms with Crippen molar-refractivity contribution in [3.8, 4) is 11.5 Å². The quantitative estimate of drug-likeness (QED) is 0.589. The van der Waals surface area contributed by atoms with E-state index in [9.17, 15) is 18.8 Å². The van der Waals surface area contributed by atoms with Crippen molar-refractivity contribution in [2.75, 3.05) is 18.7 Å². The molecule has 2 aliphatic rings. The monoisotopic (exact) mass is 417 g/mol. The summed E-state index contributed by atoms with van der Waals surface area (Å²) in [6, 6.07) is 7.90. The SMILES string of the molecule is O=C(CN1C(=O)N/C(=C/c2cc3c(cc2Cl)OCO3)C1=O)Nc1ccccc1F. The lowest BCUT2D eigenvalue weighted by Crippen LogP contribution is -2.38. The Hall–Kier alpha value is -3.59. The van der Waals surface area contributed by atoms with E-state index in [1.54, 1.807) is 12.1 Å². The van der Waals surface area contributed by atoms with Crippen molar-refractivity contribution in [1.82, 2.24) is 10.2 Å². The third-order valence-electron chi connectivity index (χ3n) is 4.20. The second-order valence-electron chi connectivity index (χ2n) is 6.13. The highest BCUT2D eigenvalue weighted by atomic mass is 35.5. The molecule has 2 N–H and O–H groups in total. The summed E-state index contributed by atoms with van der Waals surface area (Å²) in [5.41, 5.74) is 0.319. The van der Waals surface area contributed by atoms with Crippen molar-refractivity contribution < 1.29 is 28.2 Å². The van der Waals surface area contributed by atoms with Crippen LogP contribution in [0.4, 0.5) is 14.9 Å². The van der Waals surface area contributed by atoms with Gasteiger partial charge in [-0.25, -0.2) is 14.1 Å². The van der Waals surface area contributed by atoms with Crippen LogP contribution in [0.2, 0.25) is 5.02 Å². The number of fused-ring (bicyclic) bond motifs is 1. The Kier molecular flexibility index (Phi) is 4.81. The highest BCUT2D eigenvalue weighted by Gasteiger charge is 2.35. The molecule has 2 aliphatic heterocycles. The van der Waals surface area contributed by atoms with E-state index < -0.39 is 30.2 Å². The van der Waals surface area contributed by atoms with Gasteiger partial charge in [-0.1, -0.05) is 23.7 Å². The number of carbonyl (C=O) groups is 3. The van der Waals surface area contributed by atoms with Gasteiger partial charge in [0.2, 0.25) is 12.7 Å². The second-order valence-corrected chi connectivity index (χ2v) is 6.54. The third kappa shape index (κ3) is 3.72. The van der Waals surface area contributed by atoms with Crippen LogP contribution in [0, 0.1) is 5.82 Å². The van der Waals surface area contributed by atoms with Gasteiger partial charge in [0, 0.05) is 6.07 Å². The average Bonchev–Trinajstić information content (AvgIpc) is 3.23. The number of halogens is 2. The molecule has 2 aromatic rings. The average molecular weight is 418 g/mol. The van der Waals surface area contributed by atoms with Crippen molar-refractivity contribution in [3.05, 3.63) is 58.5 Å². The standard InChI is InChI=1S/C19H13ClFN3O5/c20-11-7-16-15(28-9-29-16)6-10(11)5-14-18(26)24(19(27)23-14)8-17(25)22-13-4-2-1-3-12(13)21/h1-7H,8-9H2,(H,22,25)(H,23,27)/b14-5+. The number of urea groups is 1. The summed E-state index contributed by atoms with van der Waals surface area (Å²) in [7, 11) is 0. The van der Waals surface area contributed by atoms with Gasteiger partial charge < -0.3 is 20.1 Å². The zero-order valence-corrected chi connectivity index (χ0v) is 15.5. The molecule has 0 radical (unpaired) electrons. The van der Waals surface area contributed by atoms with E-state index in [2.05, 4.69) is 10.6 Å². The number of imide groups is 1. The van der Waals surface area contributed by atoms with Crippen LogP contribution in [0.1, 0.15) is 5.56 Å². The van der Waals surface area contributed by atoms with Crippen LogP contribution >= 0.6 is 11.6 Å². The molecule has 2 heterocycles. The lowest BCUT2D eigenvalue weighted by atomic mass is 10.1. The highest BCUT2D eigenvalue weighted by molar-refractivity contribution is 6.32. The van der Waals surface area contributed by atoms with Crippen LogP contribution in [-0.4, -0.2) is 36.1 Å². The number of nitrogens with zero attached hydrogens (tertiary/aromatic N) is 1. The summed E-state index contributed by atoms with van der Waals surface area (Å²) in [6.07, 6.45) is 1.37. The topological polar surface area (TPSA) is 97.0 Å². The Bertz CT molecular complexity index is 1070. The first-order valence-corrected chi connectivity index (χ1v) is 8.78. The van der Waals surface area contributed by atoms with E-state index in [1.165, 1.54) is 30.3 Å². The van der Waals surface area contributed by atoms with Crippen molar-refractivity contribution in [1.29, 1.82) is 0 Å². The number of hydrogen-bond donors (Lipinski definition) is 2. The maximum absolute atomic E-state index is 13.6. The number of anilines is 1. The highest BCUT2D eigenvalue weighted by Crippen LogP contribution is 2.37. The zero-order valence-electron chi connectivity index (χ0n) is 14.7. The predicted molar refractivity (Wildman–Crippen MR) is 101 cm³/mol. The number of benzene rings is 2.